The number of carbonyl (C=O) groups excluding carboxylic acids is 3. The number of nitrogens with zero attached hydrogens (tertiary/aromatic N) is 3. The van der Waals surface area contributed by atoms with Crippen molar-refractivity contribution in [1.82, 2.24) is 15.1 Å². The van der Waals surface area contributed by atoms with Crippen molar-refractivity contribution in [2.75, 3.05) is 44.2 Å². The van der Waals surface area contributed by atoms with Crippen LogP contribution in [-0.4, -0.2) is 84.1 Å². The van der Waals surface area contributed by atoms with Crippen molar-refractivity contribution in [3.63, 3.8) is 0 Å². The SMILES string of the molecule is O=C1CCC(N2Cc3cc(OC[C@H](O)CN4CC5(C4)CN(c4ccc(Br)cc4)C5)ccc3C2=O)C(=O)N1. The number of β-amino-alcohol motifs (C(OH)–C–C–N with tert-alkyl or cyclic N) is 1. The van der Waals surface area contributed by atoms with E-state index in [0.717, 1.165) is 36.2 Å². The quantitative estimate of drug-likeness (QED) is 0.491. The van der Waals surface area contributed by atoms with E-state index in [1.807, 2.05) is 0 Å². The molecule has 0 saturated carbocycles. The van der Waals surface area contributed by atoms with E-state index in [-0.39, 0.29) is 24.8 Å². The Labute approximate surface area is 223 Å². The Morgan fingerprint density at radius 3 is 2.57 bits per heavy atom. The lowest BCUT2D eigenvalue weighted by Gasteiger charge is -2.61. The molecule has 1 unspecified atom stereocenters. The number of hydrogen-bond acceptors (Lipinski definition) is 7. The van der Waals surface area contributed by atoms with E-state index in [4.69, 9.17) is 4.74 Å². The minimum Gasteiger partial charge on any atom is -0.491 e. The summed E-state index contributed by atoms with van der Waals surface area (Å²) in [4.78, 5) is 42.7. The van der Waals surface area contributed by atoms with Crippen molar-refractivity contribution in [3.05, 3.63) is 58.1 Å². The van der Waals surface area contributed by atoms with E-state index in [1.165, 1.54) is 10.6 Å². The van der Waals surface area contributed by atoms with Crippen LogP contribution in [0.2, 0.25) is 0 Å². The summed E-state index contributed by atoms with van der Waals surface area (Å²) in [6.07, 6.45) is -0.0560. The van der Waals surface area contributed by atoms with Crippen LogP contribution in [0, 0.1) is 5.41 Å². The van der Waals surface area contributed by atoms with Gasteiger partial charge in [-0.15, -0.1) is 0 Å². The van der Waals surface area contributed by atoms with Gasteiger partial charge in [-0.2, -0.15) is 0 Å². The van der Waals surface area contributed by atoms with Gasteiger partial charge in [0, 0.05) is 66.8 Å². The molecule has 3 fully saturated rings. The number of carbonyl (C=O) groups is 3. The number of piperidine rings is 1. The average molecular weight is 569 g/mol. The van der Waals surface area contributed by atoms with Crippen LogP contribution in [0.1, 0.15) is 28.8 Å². The number of rotatable bonds is 7. The number of likely N-dealkylation sites (tertiary alicyclic amines) is 1. The first-order chi connectivity index (χ1) is 17.8. The molecule has 1 spiro atoms. The Hall–Kier alpha value is -2.95. The molecule has 10 heteroatoms. The van der Waals surface area contributed by atoms with Gasteiger partial charge in [0.25, 0.3) is 5.91 Å². The second kappa shape index (κ2) is 9.41. The molecule has 3 saturated heterocycles. The summed E-state index contributed by atoms with van der Waals surface area (Å²) in [5, 5.41) is 12.9. The molecule has 194 valence electrons. The molecule has 2 N–H and O–H groups in total. The molecule has 9 nitrogen and oxygen atoms in total. The maximum Gasteiger partial charge on any atom is 0.255 e. The van der Waals surface area contributed by atoms with Gasteiger partial charge in [-0.3, -0.25) is 24.6 Å². The van der Waals surface area contributed by atoms with Crippen LogP contribution in [0.3, 0.4) is 0 Å². The van der Waals surface area contributed by atoms with Crippen LogP contribution < -0.4 is 15.0 Å². The van der Waals surface area contributed by atoms with Crippen molar-refractivity contribution >= 4 is 39.3 Å². The molecule has 3 amide bonds. The molecule has 37 heavy (non-hydrogen) atoms. The summed E-state index contributed by atoms with van der Waals surface area (Å²) in [7, 11) is 0. The molecule has 0 aliphatic carbocycles. The highest BCUT2D eigenvalue weighted by atomic mass is 79.9. The second-order valence-corrected chi connectivity index (χ2v) is 11.6. The van der Waals surface area contributed by atoms with Crippen LogP contribution in [0.15, 0.2) is 46.9 Å². The van der Waals surface area contributed by atoms with E-state index in [9.17, 15) is 19.5 Å². The first-order valence-electron chi connectivity index (χ1n) is 12.6. The molecule has 0 bridgehead atoms. The van der Waals surface area contributed by atoms with Crippen LogP contribution in [-0.2, 0) is 16.1 Å². The number of nitrogens with one attached hydrogen (secondary N) is 1. The number of aliphatic hydroxyl groups is 1. The fourth-order valence-electron chi connectivity index (χ4n) is 6.01. The Morgan fingerprint density at radius 1 is 1.08 bits per heavy atom. The van der Waals surface area contributed by atoms with Crippen LogP contribution >= 0.6 is 15.9 Å². The Balaban J connectivity index is 0.961. The number of amides is 3. The number of anilines is 1. The molecule has 4 heterocycles. The maximum absolute atomic E-state index is 12.8. The first kappa shape index (κ1) is 24.4. The highest BCUT2D eigenvalue weighted by molar-refractivity contribution is 9.10. The molecule has 4 aliphatic rings. The monoisotopic (exact) mass is 568 g/mol. The van der Waals surface area contributed by atoms with Crippen molar-refractivity contribution in [2.24, 2.45) is 5.41 Å². The van der Waals surface area contributed by atoms with Crippen LogP contribution in [0.25, 0.3) is 0 Å². The molecule has 2 atom stereocenters. The number of hydrogen-bond donors (Lipinski definition) is 2. The normalized spacial score (nSPS) is 23.4. The van der Waals surface area contributed by atoms with Gasteiger partial charge >= 0.3 is 0 Å². The van der Waals surface area contributed by atoms with Gasteiger partial charge in [-0.1, -0.05) is 15.9 Å². The fraction of sp³-hybridized carbons (Fsp3) is 0.444. The number of aliphatic hydroxyl groups excluding tert-OH is 1. The summed E-state index contributed by atoms with van der Waals surface area (Å²) in [5.74, 6) is -0.353. The Morgan fingerprint density at radius 2 is 1.84 bits per heavy atom. The average Bonchev–Trinajstić information content (AvgIpc) is 3.14. The standard InChI is InChI=1S/C27H29BrN4O5/c28-18-1-3-19(4-2-18)31-15-27(16-31)13-30(14-27)11-20(33)12-37-21-5-6-22-17(9-21)10-32(26(22)36)23-7-8-24(34)29-25(23)35/h1-6,9,20,23,33H,7-8,10-16H2,(H,29,34,35)/t20-,23?/m1/s1. The van der Waals surface area contributed by atoms with Crippen molar-refractivity contribution < 1.29 is 24.2 Å². The molecule has 0 aromatic heterocycles. The van der Waals surface area contributed by atoms with Gasteiger partial charge in [-0.05, 0) is 54.4 Å². The van der Waals surface area contributed by atoms with Gasteiger partial charge in [0.05, 0.1) is 0 Å². The molecular weight excluding hydrogens is 540 g/mol. The zero-order valence-corrected chi connectivity index (χ0v) is 21.9. The lowest BCUT2D eigenvalue weighted by molar-refractivity contribution is -0.136. The summed E-state index contributed by atoms with van der Waals surface area (Å²) in [6.45, 7) is 5.07. The van der Waals surface area contributed by atoms with Crippen molar-refractivity contribution in [1.29, 1.82) is 0 Å². The fourth-order valence-corrected chi connectivity index (χ4v) is 6.28. The molecular formula is C27H29BrN4O5. The number of halogens is 1. The topological polar surface area (TPSA) is 102 Å². The molecule has 2 aromatic carbocycles. The Kier molecular flexibility index (Phi) is 6.21. The van der Waals surface area contributed by atoms with Crippen molar-refractivity contribution in [3.8, 4) is 5.75 Å². The predicted octanol–water partition coefficient (Wildman–Crippen LogP) is 1.77. The van der Waals surface area contributed by atoms with Gasteiger partial charge in [-0.25, -0.2) is 0 Å². The highest BCUT2D eigenvalue weighted by Crippen LogP contribution is 2.42. The zero-order chi connectivity index (χ0) is 25.7. The summed E-state index contributed by atoms with van der Waals surface area (Å²) in [5.41, 5.74) is 2.90. The zero-order valence-electron chi connectivity index (χ0n) is 20.4. The van der Waals surface area contributed by atoms with E-state index < -0.39 is 18.1 Å². The van der Waals surface area contributed by atoms with E-state index >= 15 is 0 Å². The van der Waals surface area contributed by atoms with E-state index in [0.29, 0.717) is 36.2 Å². The van der Waals surface area contributed by atoms with Gasteiger partial charge < -0.3 is 19.6 Å². The highest BCUT2D eigenvalue weighted by Gasteiger charge is 2.51. The first-order valence-corrected chi connectivity index (χ1v) is 13.4. The molecule has 4 aliphatic heterocycles. The number of ether oxygens (including phenoxy) is 1. The largest absolute Gasteiger partial charge is 0.491 e. The van der Waals surface area contributed by atoms with Crippen LogP contribution in [0.5, 0.6) is 5.75 Å². The van der Waals surface area contributed by atoms with Gasteiger partial charge in [0.2, 0.25) is 11.8 Å². The minimum atomic E-state index is -0.638. The van der Waals surface area contributed by atoms with E-state index in [1.54, 1.807) is 18.2 Å². The minimum absolute atomic E-state index is 0.165. The Bertz CT molecular complexity index is 1240. The smallest absolute Gasteiger partial charge is 0.255 e. The number of imide groups is 1. The molecule has 2 aromatic rings. The van der Waals surface area contributed by atoms with Gasteiger partial charge in [0.1, 0.15) is 24.5 Å². The second-order valence-electron chi connectivity index (χ2n) is 10.7. The summed E-state index contributed by atoms with van der Waals surface area (Å²) >= 11 is 3.48. The third kappa shape index (κ3) is 4.73. The number of fused-ring (bicyclic) bond motifs is 1. The lowest BCUT2D eigenvalue weighted by atomic mass is 9.72. The summed E-state index contributed by atoms with van der Waals surface area (Å²) < 4.78 is 6.93. The van der Waals surface area contributed by atoms with Crippen molar-refractivity contribution in [2.45, 2.75) is 31.5 Å². The number of benzene rings is 2. The molecule has 6 rings (SSSR count). The lowest BCUT2D eigenvalue weighted by Crippen LogP contribution is -2.72. The molecule has 0 radical (unpaired) electrons. The van der Waals surface area contributed by atoms with Gasteiger partial charge in [0.15, 0.2) is 0 Å². The van der Waals surface area contributed by atoms with E-state index in [2.05, 4.69) is 55.3 Å². The summed E-state index contributed by atoms with van der Waals surface area (Å²) in [6, 6.07) is 13.0. The predicted molar refractivity (Wildman–Crippen MR) is 139 cm³/mol. The third-order valence-electron chi connectivity index (χ3n) is 7.77. The third-order valence-corrected chi connectivity index (χ3v) is 8.30. The maximum atomic E-state index is 12.8. The van der Waals surface area contributed by atoms with Crippen LogP contribution in [0.4, 0.5) is 5.69 Å².